The van der Waals surface area contributed by atoms with Crippen molar-refractivity contribution in [3.05, 3.63) is 24.3 Å². The maximum absolute atomic E-state index is 5.15. The monoisotopic (exact) mass is 794 g/mol. The summed E-state index contributed by atoms with van der Waals surface area (Å²) in [5.74, 6) is 0. The molecule has 0 rings (SSSR count). The van der Waals surface area contributed by atoms with E-state index >= 15 is 0 Å². The standard InChI is InChI=1S/C6H18NP2.C6H7.C4H12N.C4H12P.C3H9O.C3H9S.C2H6.2CH4.W/c1-8(2,3)7-9(4,5)6;1-4-6(3)5-2;2*1-5(2,3)4;2*1-4(2)3;1-2;;;/h1-6H3;1-2,4-5H,3H3;2*1-4H3;2*1-3H3;1-2H3;2*1H4;/q+1;-1;4*+1;;;;. The van der Waals surface area contributed by atoms with Gasteiger partial charge < -0.3 is 8.85 Å². The number of quaternary nitrogens is 1. The third-order valence-corrected chi connectivity index (χ3v) is 5.91. The molecular formula is C30H81N2OP3SW+4. The van der Waals surface area contributed by atoms with E-state index in [2.05, 4.69) is 118 Å². The van der Waals surface area contributed by atoms with Crippen LogP contribution in [0, 0.1) is 6.58 Å². The fraction of sp³-hybridized carbons (Fsp3) is 0.833. The predicted octanol–water partition coefficient (Wildman–Crippen LogP) is 9.24. The quantitative estimate of drug-likeness (QED) is 0.0891. The zero-order valence-electron chi connectivity index (χ0n) is 29.3. The molecule has 38 heavy (non-hydrogen) atoms. The summed E-state index contributed by atoms with van der Waals surface area (Å²) in [6.07, 6.45) is 10.2. The molecule has 3 nitrogen and oxygen atoms in total. The normalized spacial score (nSPS) is 10.4. The molecule has 0 bridgehead atoms. The number of nitrogens with zero attached hydrogens (tertiary/aromatic N) is 2. The molecule has 0 aliphatic heterocycles. The van der Waals surface area contributed by atoms with Gasteiger partial charge in [-0.2, -0.15) is 4.52 Å². The van der Waals surface area contributed by atoms with Crippen LogP contribution in [0.15, 0.2) is 22.2 Å². The van der Waals surface area contributed by atoms with Gasteiger partial charge in [0.2, 0.25) is 0 Å². The van der Waals surface area contributed by atoms with E-state index in [1.165, 1.54) is 19.4 Å². The van der Waals surface area contributed by atoms with E-state index in [4.69, 9.17) is 11.1 Å². The molecule has 0 atom stereocenters. The average Bonchev–Trinajstić information content (AvgIpc) is 2.49. The van der Waals surface area contributed by atoms with E-state index in [1.54, 1.807) is 6.08 Å². The van der Waals surface area contributed by atoms with E-state index in [1.807, 2.05) is 52.6 Å². The molecule has 0 fully saturated rings. The Morgan fingerprint density at radius 3 is 1.05 bits per heavy atom. The van der Waals surface area contributed by atoms with E-state index in [0.29, 0.717) is 10.9 Å². The van der Waals surface area contributed by atoms with Crippen molar-refractivity contribution < 1.29 is 28.2 Å². The van der Waals surface area contributed by atoms with Gasteiger partial charge in [-0.15, -0.1) is 0 Å². The van der Waals surface area contributed by atoms with E-state index in [-0.39, 0.29) is 22.1 Å². The van der Waals surface area contributed by atoms with Crippen molar-refractivity contribution >= 4 is 37.0 Å². The van der Waals surface area contributed by atoms with Gasteiger partial charge in [-0.05, 0) is 30.9 Å². The Kier molecular flexibility index (Phi) is 60.3. The molecular weight excluding hydrogens is 713 g/mol. The first-order valence-electron chi connectivity index (χ1n) is 12.1. The van der Waals surface area contributed by atoms with Crippen molar-refractivity contribution in [1.29, 1.82) is 0 Å². The number of hydrogen-bond donors (Lipinski definition) is 0. The molecule has 0 aromatic heterocycles. The molecule has 0 aromatic carbocycles. The number of hydrogen-bond acceptors (Lipinski definition) is 1. The zero-order chi connectivity index (χ0) is 31.6. The molecule has 8 heteroatoms. The molecule has 0 spiro atoms. The van der Waals surface area contributed by atoms with Gasteiger partial charge in [-0.3, -0.25) is 0 Å². The maximum atomic E-state index is 5.15. The van der Waals surface area contributed by atoms with Crippen LogP contribution in [-0.4, -0.2) is 144 Å². The Morgan fingerprint density at radius 1 is 0.842 bits per heavy atom. The Morgan fingerprint density at radius 2 is 1.03 bits per heavy atom. The van der Waals surface area contributed by atoms with Gasteiger partial charge in [0.05, 0.1) is 67.0 Å². The second-order valence-corrected chi connectivity index (χ2v) is 30.3. The van der Waals surface area contributed by atoms with E-state index in [0.717, 1.165) is 10.1 Å². The first-order valence-corrected chi connectivity index (χ1v) is 26.0. The summed E-state index contributed by atoms with van der Waals surface area (Å²) < 4.78 is 10.4. The van der Waals surface area contributed by atoms with Crippen LogP contribution in [0.4, 0.5) is 0 Å². The van der Waals surface area contributed by atoms with Crippen LogP contribution in [0.3, 0.4) is 0 Å². The molecule has 0 aliphatic rings. The van der Waals surface area contributed by atoms with Gasteiger partial charge in [0.15, 0.2) is 0 Å². The molecule has 0 radical (unpaired) electrons. The van der Waals surface area contributed by atoms with Crippen molar-refractivity contribution in [2.24, 2.45) is 4.52 Å². The van der Waals surface area contributed by atoms with Crippen LogP contribution in [0.1, 0.15) is 35.6 Å². The Labute approximate surface area is 263 Å². The van der Waals surface area contributed by atoms with Gasteiger partial charge in [-0.1, -0.05) is 28.7 Å². The van der Waals surface area contributed by atoms with Crippen molar-refractivity contribution in [3.8, 4) is 0 Å². The van der Waals surface area contributed by atoms with Crippen LogP contribution >= 0.6 is 21.7 Å². The molecule has 0 unspecified atom stereocenters. The minimum atomic E-state index is -0.863. The van der Waals surface area contributed by atoms with Gasteiger partial charge >= 0.3 is 55.0 Å². The summed E-state index contributed by atoms with van der Waals surface area (Å²) in [4.78, 5) is 0. The van der Waals surface area contributed by atoms with E-state index < -0.39 is 14.5 Å². The second-order valence-electron chi connectivity index (χ2n) is 13.0. The summed E-state index contributed by atoms with van der Waals surface area (Å²) in [7, 11) is 12.8. The van der Waals surface area contributed by atoms with Crippen LogP contribution in [0.5, 0.6) is 0 Å². The minimum absolute atomic E-state index is 0. The molecule has 0 aliphatic carbocycles. The van der Waals surface area contributed by atoms with Crippen molar-refractivity contribution in [1.82, 2.24) is 0 Å². The Bertz CT molecular complexity index is 510. The number of rotatable bonds is 3. The first-order chi connectivity index (χ1) is 15.5. The van der Waals surface area contributed by atoms with Crippen LogP contribution in [0.2, 0.25) is 0 Å². The molecule has 240 valence electrons. The SMILES string of the molecule is C.C.CC.CP(C)(C)=N[P+](C)(C)C.C[N+](C)(C)C.C[O+](C)C.C[P+](C)(C)C.C[S+](C)C.[CH-]=CC(C)=C[CH]=[W]. The third kappa shape index (κ3) is 322. The topological polar surface area (TPSA) is 15.1 Å². The predicted molar refractivity (Wildman–Crippen MR) is 204 cm³/mol. The van der Waals surface area contributed by atoms with Gasteiger partial charge in [0.1, 0.15) is 28.7 Å². The second kappa shape index (κ2) is 36.4. The fourth-order valence-corrected chi connectivity index (χ4v) is 8.18. The Balaban J connectivity index is -0.0000000380. The van der Waals surface area contributed by atoms with Gasteiger partial charge in [0, 0.05) is 41.0 Å². The van der Waals surface area contributed by atoms with Gasteiger partial charge in [0.25, 0.3) is 0 Å². The Hall–Kier alpha value is 1.40. The number of allylic oxidation sites excluding steroid dienone is 3. The molecule has 0 saturated carbocycles. The third-order valence-electron chi connectivity index (χ3n) is 1.13. The molecule has 0 saturated heterocycles. The zero-order valence-corrected chi connectivity index (χ0v) is 35.7. The average molecular weight is 795 g/mol. The fourth-order valence-electron chi connectivity index (χ4n) is 0.968. The van der Waals surface area contributed by atoms with Crippen molar-refractivity contribution in [2.75, 3.05) is 135 Å². The summed E-state index contributed by atoms with van der Waals surface area (Å²) in [6, 6.07) is 0. The molecule has 0 amide bonds. The summed E-state index contributed by atoms with van der Waals surface area (Å²) in [5, 5.41) is 0. The molecule has 0 N–H and O–H groups in total. The van der Waals surface area contributed by atoms with Crippen LogP contribution in [-0.2, 0) is 34.6 Å². The summed E-state index contributed by atoms with van der Waals surface area (Å²) in [6.45, 7) is 33.9. The first kappa shape index (κ1) is 62.9. The van der Waals surface area contributed by atoms with Crippen LogP contribution < -0.4 is 0 Å². The summed E-state index contributed by atoms with van der Waals surface area (Å²) in [5.41, 5.74) is 1.12. The molecule has 0 heterocycles. The van der Waals surface area contributed by atoms with Crippen LogP contribution in [0.25, 0.3) is 0 Å². The van der Waals surface area contributed by atoms with Crippen molar-refractivity contribution in [2.45, 2.75) is 35.6 Å². The van der Waals surface area contributed by atoms with Crippen molar-refractivity contribution in [3.63, 3.8) is 0 Å². The van der Waals surface area contributed by atoms with E-state index in [9.17, 15) is 0 Å². The van der Waals surface area contributed by atoms with Gasteiger partial charge in [-0.25, -0.2) is 0 Å². The molecule has 0 aromatic rings. The summed E-state index contributed by atoms with van der Waals surface area (Å²) >= 11 is 1.45.